The second-order valence-corrected chi connectivity index (χ2v) is 4.26. The van der Waals surface area contributed by atoms with Crippen molar-refractivity contribution >= 4 is 35.7 Å². The molecule has 1 aliphatic rings. The van der Waals surface area contributed by atoms with E-state index in [1.807, 2.05) is 0 Å². The molecule has 0 bridgehead atoms. The standard InChI is InChI=1S/C8H14N2O2S2/c11-7(13)9-5-1-2-6(4-3-5)10-8(12)14/h5-6H,1-4H2,(H2,9,11,13)(H2,10,12,14). The van der Waals surface area contributed by atoms with E-state index in [2.05, 4.69) is 35.9 Å². The molecule has 0 aromatic carbocycles. The van der Waals surface area contributed by atoms with Crippen LogP contribution in [0.15, 0.2) is 0 Å². The van der Waals surface area contributed by atoms with Crippen molar-refractivity contribution in [3.05, 3.63) is 0 Å². The molecule has 0 unspecified atom stereocenters. The molecular formula is C8H14N2O2S2. The Kier molecular flexibility index (Phi) is 4.60. The summed E-state index contributed by atoms with van der Waals surface area (Å²) < 4.78 is 0. The molecule has 14 heavy (non-hydrogen) atoms. The van der Waals surface area contributed by atoms with Crippen LogP contribution in [0.2, 0.25) is 0 Å². The molecule has 0 heterocycles. The molecule has 0 spiro atoms. The zero-order valence-electron chi connectivity index (χ0n) is 7.69. The summed E-state index contributed by atoms with van der Waals surface area (Å²) in [7, 11) is 0. The van der Waals surface area contributed by atoms with Gasteiger partial charge in [-0.3, -0.25) is 9.59 Å². The Balaban J connectivity index is 2.24. The van der Waals surface area contributed by atoms with E-state index in [4.69, 9.17) is 0 Å². The maximum absolute atomic E-state index is 10.6. The molecule has 2 amide bonds. The second-order valence-electron chi connectivity index (χ2n) is 3.45. The Hall–Kier alpha value is -0.360. The fourth-order valence-electron chi connectivity index (χ4n) is 1.73. The van der Waals surface area contributed by atoms with Crippen molar-refractivity contribution in [1.82, 2.24) is 10.6 Å². The molecular weight excluding hydrogens is 220 g/mol. The number of thiol groups is 2. The Labute approximate surface area is 94.0 Å². The Morgan fingerprint density at radius 2 is 1.14 bits per heavy atom. The number of carbonyl (C=O) groups excluding carboxylic acids is 2. The van der Waals surface area contributed by atoms with Crippen LogP contribution >= 0.6 is 25.3 Å². The van der Waals surface area contributed by atoms with Crippen molar-refractivity contribution < 1.29 is 9.59 Å². The van der Waals surface area contributed by atoms with Crippen molar-refractivity contribution in [3.63, 3.8) is 0 Å². The summed E-state index contributed by atoms with van der Waals surface area (Å²) in [6, 6.07) is 0.404. The number of hydrogen-bond acceptors (Lipinski definition) is 2. The first kappa shape index (κ1) is 11.7. The first-order valence-corrected chi connectivity index (χ1v) is 5.46. The Morgan fingerprint density at radius 3 is 1.36 bits per heavy atom. The molecule has 1 fully saturated rings. The van der Waals surface area contributed by atoms with Crippen LogP contribution in [0.25, 0.3) is 0 Å². The van der Waals surface area contributed by atoms with E-state index in [1.165, 1.54) is 0 Å². The maximum atomic E-state index is 10.6. The summed E-state index contributed by atoms with van der Waals surface area (Å²) in [5.41, 5.74) is 0. The number of nitrogens with one attached hydrogen (secondary N) is 2. The fraction of sp³-hybridized carbons (Fsp3) is 0.750. The van der Waals surface area contributed by atoms with Gasteiger partial charge in [-0.25, -0.2) is 0 Å². The van der Waals surface area contributed by atoms with Crippen LogP contribution in [0.3, 0.4) is 0 Å². The van der Waals surface area contributed by atoms with E-state index in [0.29, 0.717) is 0 Å². The summed E-state index contributed by atoms with van der Waals surface area (Å²) >= 11 is 7.31. The molecule has 0 saturated heterocycles. The summed E-state index contributed by atoms with van der Waals surface area (Å²) in [5, 5.41) is 4.93. The maximum Gasteiger partial charge on any atom is 0.276 e. The van der Waals surface area contributed by atoms with Crippen molar-refractivity contribution in [2.45, 2.75) is 37.8 Å². The van der Waals surface area contributed by atoms with Crippen molar-refractivity contribution in [1.29, 1.82) is 0 Å². The first-order valence-electron chi connectivity index (χ1n) is 4.57. The monoisotopic (exact) mass is 234 g/mol. The fourth-order valence-corrected chi connectivity index (χ4v) is 2.10. The first-order chi connectivity index (χ1) is 6.58. The van der Waals surface area contributed by atoms with Gasteiger partial charge >= 0.3 is 0 Å². The molecule has 1 rings (SSSR count). The third-order valence-electron chi connectivity index (χ3n) is 2.38. The van der Waals surface area contributed by atoms with Gasteiger partial charge in [-0.05, 0) is 25.7 Å². The average Bonchev–Trinajstić information content (AvgIpc) is 2.06. The molecule has 4 nitrogen and oxygen atoms in total. The number of carbonyl (C=O) groups is 2. The van der Waals surface area contributed by atoms with Gasteiger partial charge in [0.15, 0.2) is 0 Å². The molecule has 0 aromatic heterocycles. The number of rotatable bonds is 2. The van der Waals surface area contributed by atoms with Crippen LogP contribution in [0, 0.1) is 0 Å². The lowest BCUT2D eigenvalue weighted by Crippen LogP contribution is -2.41. The lowest BCUT2D eigenvalue weighted by molar-refractivity contribution is 0.242. The summed E-state index contributed by atoms with van der Waals surface area (Å²) in [6.07, 6.45) is 3.52. The van der Waals surface area contributed by atoms with Crippen LogP contribution in [0.1, 0.15) is 25.7 Å². The van der Waals surface area contributed by atoms with E-state index in [0.717, 1.165) is 25.7 Å². The van der Waals surface area contributed by atoms with Gasteiger partial charge in [-0.2, -0.15) is 0 Å². The molecule has 2 N–H and O–H groups in total. The lowest BCUT2D eigenvalue weighted by atomic mass is 9.91. The van der Waals surface area contributed by atoms with Gasteiger partial charge in [-0.15, -0.1) is 0 Å². The van der Waals surface area contributed by atoms with E-state index < -0.39 is 0 Å². The number of amides is 2. The van der Waals surface area contributed by atoms with E-state index in [9.17, 15) is 9.59 Å². The third kappa shape index (κ3) is 4.23. The normalized spacial score (nSPS) is 26.7. The minimum atomic E-state index is -0.285. The quantitative estimate of drug-likeness (QED) is 0.548. The van der Waals surface area contributed by atoms with E-state index >= 15 is 0 Å². The second kappa shape index (κ2) is 5.50. The molecule has 0 atom stereocenters. The van der Waals surface area contributed by atoms with Crippen LogP contribution in [0.5, 0.6) is 0 Å². The van der Waals surface area contributed by atoms with Crippen molar-refractivity contribution in [2.75, 3.05) is 0 Å². The summed E-state index contributed by atoms with van der Waals surface area (Å²) in [5.74, 6) is 0. The van der Waals surface area contributed by atoms with Gasteiger partial charge in [0, 0.05) is 12.1 Å². The highest BCUT2D eigenvalue weighted by molar-refractivity contribution is 7.96. The molecule has 6 heteroatoms. The topological polar surface area (TPSA) is 58.2 Å². The Bertz CT molecular complexity index is 203. The van der Waals surface area contributed by atoms with Gasteiger partial charge in [0.05, 0.1) is 0 Å². The average molecular weight is 234 g/mol. The van der Waals surface area contributed by atoms with Crippen LogP contribution in [-0.2, 0) is 0 Å². The molecule has 0 radical (unpaired) electrons. The van der Waals surface area contributed by atoms with Crippen LogP contribution in [0.4, 0.5) is 9.59 Å². The van der Waals surface area contributed by atoms with Crippen LogP contribution in [-0.4, -0.2) is 22.6 Å². The lowest BCUT2D eigenvalue weighted by Gasteiger charge is -2.28. The molecule has 0 aliphatic heterocycles. The molecule has 80 valence electrons. The predicted octanol–water partition coefficient (Wildman–Crippen LogP) is 1.58. The van der Waals surface area contributed by atoms with Gasteiger partial charge in [0.1, 0.15) is 0 Å². The highest BCUT2D eigenvalue weighted by atomic mass is 32.1. The smallest absolute Gasteiger partial charge is 0.276 e. The highest BCUT2D eigenvalue weighted by Crippen LogP contribution is 2.19. The zero-order chi connectivity index (χ0) is 10.6. The third-order valence-corrected chi connectivity index (χ3v) is 2.64. The van der Waals surface area contributed by atoms with Crippen molar-refractivity contribution in [3.8, 4) is 0 Å². The highest BCUT2D eigenvalue weighted by Gasteiger charge is 2.21. The zero-order valence-corrected chi connectivity index (χ0v) is 9.48. The van der Waals surface area contributed by atoms with Crippen molar-refractivity contribution in [2.24, 2.45) is 0 Å². The minimum absolute atomic E-state index is 0.202. The van der Waals surface area contributed by atoms with Gasteiger partial charge in [0.2, 0.25) is 0 Å². The largest absolute Gasteiger partial charge is 0.344 e. The molecule has 0 aromatic rings. The summed E-state index contributed by atoms with van der Waals surface area (Å²) in [4.78, 5) is 21.3. The summed E-state index contributed by atoms with van der Waals surface area (Å²) in [6.45, 7) is 0. The van der Waals surface area contributed by atoms with Gasteiger partial charge in [-0.1, -0.05) is 25.3 Å². The van der Waals surface area contributed by atoms with E-state index in [1.54, 1.807) is 0 Å². The molecule has 1 saturated carbocycles. The number of hydrogen-bond donors (Lipinski definition) is 4. The van der Waals surface area contributed by atoms with Gasteiger partial charge < -0.3 is 10.6 Å². The molecule has 1 aliphatic carbocycles. The predicted molar refractivity (Wildman–Crippen MR) is 61.1 cm³/mol. The SMILES string of the molecule is O=C(S)NC1CCC(NC(=O)S)CC1. The van der Waals surface area contributed by atoms with Gasteiger partial charge in [0.25, 0.3) is 10.5 Å². The Morgan fingerprint density at radius 1 is 0.857 bits per heavy atom. The minimum Gasteiger partial charge on any atom is -0.344 e. The van der Waals surface area contributed by atoms with E-state index in [-0.39, 0.29) is 22.6 Å². The van der Waals surface area contributed by atoms with Crippen LogP contribution < -0.4 is 10.6 Å².